The van der Waals surface area contributed by atoms with Crippen LogP contribution in [0.2, 0.25) is 0 Å². The van der Waals surface area contributed by atoms with Crippen molar-refractivity contribution in [2.75, 3.05) is 18.5 Å². The minimum Gasteiger partial charge on any atom is -0.454 e. The molecule has 1 aromatic heterocycles. The molecule has 2 N–H and O–H groups in total. The molecule has 10 heteroatoms. The molecule has 150 valence electrons. The maximum absolute atomic E-state index is 12.7. The minimum absolute atomic E-state index is 0.312. The van der Waals surface area contributed by atoms with E-state index in [1.54, 1.807) is 11.4 Å². The van der Waals surface area contributed by atoms with E-state index in [0.717, 1.165) is 4.90 Å². The smallest absolute Gasteiger partial charge is 0.326 e. The molecule has 0 aliphatic carbocycles. The lowest BCUT2D eigenvalue weighted by Crippen LogP contribution is -2.47. The molecule has 0 radical (unpaired) electrons. The molecule has 0 unspecified atom stereocenters. The van der Waals surface area contributed by atoms with E-state index < -0.39 is 42.5 Å². The zero-order chi connectivity index (χ0) is 20.7. The molecule has 0 saturated carbocycles. The van der Waals surface area contributed by atoms with Crippen LogP contribution >= 0.6 is 11.3 Å². The van der Waals surface area contributed by atoms with Crippen LogP contribution in [-0.2, 0) is 19.1 Å². The Morgan fingerprint density at radius 2 is 2.00 bits per heavy atom. The second-order valence-electron chi connectivity index (χ2n) is 6.39. The summed E-state index contributed by atoms with van der Waals surface area (Å²) in [6, 6.07) is 2.86. The number of amides is 4. The zero-order valence-corrected chi connectivity index (χ0v) is 16.6. The van der Waals surface area contributed by atoms with Crippen LogP contribution in [0.4, 0.5) is 9.80 Å². The maximum Gasteiger partial charge on any atom is 0.326 e. The molecule has 1 saturated heterocycles. The molecule has 0 bridgehead atoms. The Hall–Kier alpha value is -2.93. The summed E-state index contributed by atoms with van der Waals surface area (Å²) in [5.74, 6) is -1.93. The number of anilines is 1. The summed E-state index contributed by atoms with van der Waals surface area (Å²) in [5.41, 5.74) is -0.669. The number of imide groups is 1. The van der Waals surface area contributed by atoms with Crippen molar-refractivity contribution >= 4 is 40.2 Å². The lowest BCUT2D eigenvalue weighted by atomic mass is 9.88. The second-order valence-corrected chi connectivity index (χ2v) is 7.30. The van der Waals surface area contributed by atoms with Gasteiger partial charge in [-0.05, 0) is 24.3 Å². The number of esters is 1. The number of hydrogen-bond acceptors (Lipinski definition) is 7. The Morgan fingerprint density at radius 1 is 1.32 bits per heavy atom. The first kappa shape index (κ1) is 21.4. The molecule has 2 heterocycles. The Bertz CT molecular complexity index is 807. The van der Waals surface area contributed by atoms with E-state index in [2.05, 4.69) is 10.6 Å². The quantitative estimate of drug-likeness (QED) is 0.477. The molecule has 1 aliphatic rings. The number of rotatable bonds is 9. The predicted molar refractivity (Wildman–Crippen MR) is 101 cm³/mol. The Balaban J connectivity index is 1.90. The van der Waals surface area contributed by atoms with Gasteiger partial charge in [0.1, 0.15) is 23.2 Å². The largest absolute Gasteiger partial charge is 0.454 e. The van der Waals surface area contributed by atoms with Gasteiger partial charge in [0.15, 0.2) is 6.61 Å². The van der Waals surface area contributed by atoms with Crippen LogP contribution in [0.5, 0.6) is 0 Å². The summed E-state index contributed by atoms with van der Waals surface area (Å²) < 4.78 is 4.87. The third-order valence-corrected chi connectivity index (χ3v) is 5.12. The number of nitrogens with zero attached hydrogens (tertiary/aromatic N) is 2. The number of nitriles is 1. The maximum atomic E-state index is 12.7. The molecule has 9 nitrogen and oxygen atoms in total. The number of nitrogens with one attached hydrogen (secondary N) is 2. The van der Waals surface area contributed by atoms with E-state index in [0.29, 0.717) is 36.2 Å². The first-order valence-electron chi connectivity index (χ1n) is 8.94. The highest BCUT2D eigenvalue weighted by Crippen LogP contribution is 2.28. The lowest BCUT2D eigenvalue weighted by molar-refractivity contribution is -0.150. The molecule has 0 aromatic carbocycles. The molecule has 2 rings (SSSR count). The van der Waals surface area contributed by atoms with Gasteiger partial charge in [0.25, 0.3) is 11.8 Å². The van der Waals surface area contributed by atoms with Gasteiger partial charge in [0.05, 0.1) is 5.56 Å². The molecule has 28 heavy (non-hydrogen) atoms. The number of carbonyl (C=O) groups excluding carboxylic acids is 4. The van der Waals surface area contributed by atoms with E-state index in [1.165, 1.54) is 11.3 Å². The molecule has 1 aromatic rings. The van der Waals surface area contributed by atoms with Crippen molar-refractivity contribution in [1.29, 1.82) is 5.26 Å². The van der Waals surface area contributed by atoms with Crippen molar-refractivity contribution in [3.05, 3.63) is 17.0 Å². The summed E-state index contributed by atoms with van der Waals surface area (Å²) >= 11 is 1.17. The molecule has 0 spiro atoms. The third kappa shape index (κ3) is 4.67. The average Bonchev–Trinajstić information content (AvgIpc) is 3.18. The normalized spacial score (nSPS) is 15.1. The molecular weight excluding hydrogens is 384 g/mol. The minimum atomic E-state index is -0.981. The van der Waals surface area contributed by atoms with Gasteiger partial charge >= 0.3 is 12.0 Å². The van der Waals surface area contributed by atoms with Gasteiger partial charge in [-0.3, -0.25) is 19.3 Å². The average molecular weight is 406 g/mol. The van der Waals surface area contributed by atoms with Crippen LogP contribution in [0.25, 0.3) is 0 Å². The van der Waals surface area contributed by atoms with Crippen molar-refractivity contribution < 1.29 is 23.9 Å². The number of ether oxygens (including phenoxy) is 1. The van der Waals surface area contributed by atoms with Crippen molar-refractivity contribution in [2.45, 2.75) is 45.1 Å². The van der Waals surface area contributed by atoms with Gasteiger partial charge in [-0.1, -0.05) is 26.7 Å². The lowest BCUT2D eigenvalue weighted by Gasteiger charge is -2.25. The fourth-order valence-electron chi connectivity index (χ4n) is 3.11. The van der Waals surface area contributed by atoms with Gasteiger partial charge in [-0.25, -0.2) is 4.79 Å². The van der Waals surface area contributed by atoms with Gasteiger partial charge in [-0.15, -0.1) is 11.3 Å². The number of urea groups is 1. The topological polar surface area (TPSA) is 129 Å². The first-order valence-corrected chi connectivity index (χ1v) is 9.82. The Kier molecular flexibility index (Phi) is 7.12. The molecule has 1 aliphatic heterocycles. The van der Waals surface area contributed by atoms with Gasteiger partial charge < -0.3 is 15.4 Å². The summed E-state index contributed by atoms with van der Waals surface area (Å²) in [6.45, 7) is 2.69. The van der Waals surface area contributed by atoms with Crippen molar-refractivity contribution in [1.82, 2.24) is 10.2 Å². The fourth-order valence-corrected chi connectivity index (χ4v) is 3.87. The van der Waals surface area contributed by atoms with Crippen LogP contribution < -0.4 is 10.6 Å². The predicted octanol–water partition coefficient (Wildman–Crippen LogP) is 1.99. The van der Waals surface area contributed by atoms with E-state index >= 15 is 0 Å². The van der Waals surface area contributed by atoms with Crippen LogP contribution in [0.3, 0.4) is 0 Å². The summed E-state index contributed by atoms with van der Waals surface area (Å²) in [7, 11) is 0. The fraction of sp³-hybridized carbons (Fsp3) is 0.500. The SMILES string of the molecule is CCCC1(CCC)NC(=O)N(CC(=O)OCC(=O)Nc2sccc2C#N)C1=O. The Labute approximate surface area is 166 Å². The second kappa shape index (κ2) is 9.32. The van der Waals surface area contributed by atoms with Crippen molar-refractivity contribution in [3.8, 4) is 6.07 Å². The van der Waals surface area contributed by atoms with Crippen LogP contribution in [-0.4, -0.2) is 47.4 Å². The summed E-state index contributed by atoms with van der Waals surface area (Å²) in [4.78, 5) is 49.6. The Morgan fingerprint density at radius 3 is 2.61 bits per heavy atom. The monoisotopic (exact) mass is 406 g/mol. The third-order valence-electron chi connectivity index (χ3n) is 4.29. The molecule has 0 atom stereocenters. The van der Waals surface area contributed by atoms with E-state index in [9.17, 15) is 19.2 Å². The number of carbonyl (C=O) groups is 4. The van der Waals surface area contributed by atoms with E-state index in [1.807, 2.05) is 19.9 Å². The number of thiophene rings is 1. The van der Waals surface area contributed by atoms with Crippen LogP contribution in [0.15, 0.2) is 11.4 Å². The molecule has 1 fully saturated rings. The highest BCUT2D eigenvalue weighted by atomic mass is 32.1. The summed E-state index contributed by atoms with van der Waals surface area (Å²) in [6.07, 6.45) is 2.39. The van der Waals surface area contributed by atoms with Crippen molar-refractivity contribution in [3.63, 3.8) is 0 Å². The van der Waals surface area contributed by atoms with Gasteiger partial charge in [-0.2, -0.15) is 5.26 Å². The van der Waals surface area contributed by atoms with E-state index in [-0.39, 0.29) is 0 Å². The van der Waals surface area contributed by atoms with Gasteiger partial charge in [0.2, 0.25) is 0 Å². The van der Waals surface area contributed by atoms with Crippen molar-refractivity contribution in [2.24, 2.45) is 0 Å². The molecular formula is C18H22N4O5S. The van der Waals surface area contributed by atoms with Crippen LogP contribution in [0.1, 0.15) is 45.1 Å². The van der Waals surface area contributed by atoms with Gasteiger partial charge in [0, 0.05) is 0 Å². The zero-order valence-electron chi connectivity index (χ0n) is 15.7. The highest BCUT2D eigenvalue weighted by molar-refractivity contribution is 7.14. The summed E-state index contributed by atoms with van der Waals surface area (Å²) in [5, 5.41) is 16.1. The standard InChI is InChI=1S/C18H22N4O5S/c1-3-6-18(7-4-2)16(25)22(17(26)21-18)10-14(24)27-11-13(23)20-15-12(9-19)5-8-28-15/h5,8H,3-4,6-7,10-11H2,1-2H3,(H,20,23)(H,21,26). The highest BCUT2D eigenvalue weighted by Gasteiger charge is 2.50. The molecule has 4 amide bonds. The van der Waals surface area contributed by atoms with Crippen LogP contribution in [0, 0.1) is 11.3 Å². The van der Waals surface area contributed by atoms with E-state index in [4.69, 9.17) is 10.00 Å². The number of hydrogen-bond donors (Lipinski definition) is 2. The first-order chi connectivity index (χ1) is 13.4.